The lowest BCUT2D eigenvalue weighted by molar-refractivity contribution is -0.115. The number of anilines is 1. The maximum absolute atomic E-state index is 12.3. The van der Waals surface area contributed by atoms with Crippen LogP contribution in [0.15, 0.2) is 30.3 Å². The number of phenolic OH excluding ortho intramolecular Hbond substituents is 1. The van der Waals surface area contributed by atoms with Crippen molar-refractivity contribution in [2.45, 2.75) is 6.42 Å². The van der Waals surface area contributed by atoms with Crippen molar-refractivity contribution in [3.63, 3.8) is 0 Å². The summed E-state index contributed by atoms with van der Waals surface area (Å²) in [5.74, 6) is 1.25. The summed E-state index contributed by atoms with van der Waals surface area (Å²) in [6.45, 7) is 0. The quantitative estimate of drug-likeness (QED) is 0.801. The first-order valence-corrected chi connectivity index (χ1v) is 7.48. The molecule has 0 spiro atoms. The topological polar surface area (TPSA) is 86.3 Å². The Morgan fingerprint density at radius 1 is 0.880 bits per heavy atom. The number of benzene rings is 2. The van der Waals surface area contributed by atoms with Crippen LogP contribution in [0.4, 0.5) is 5.69 Å². The Labute approximate surface area is 146 Å². The van der Waals surface area contributed by atoms with Crippen LogP contribution in [0.25, 0.3) is 0 Å². The maximum atomic E-state index is 12.3. The molecule has 1 amide bonds. The summed E-state index contributed by atoms with van der Waals surface area (Å²) in [6.07, 6.45) is 0.0847. The molecule has 25 heavy (non-hydrogen) atoms. The standard InChI is InChI=1S/C18H21NO6/c1-22-13-6-5-12(10-14(13)23-2)19-17(20)9-11-7-15(24-3)18(21)16(8-11)25-4/h5-8,10,21H,9H2,1-4H3,(H,19,20). The lowest BCUT2D eigenvalue weighted by Gasteiger charge is -2.12. The molecule has 0 aromatic heterocycles. The molecule has 2 aromatic rings. The second-order valence-electron chi connectivity index (χ2n) is 5.14. The van der Waals surface area contributed by atoms with E-state index in [1.54, 1.807) is 37.4 Å². The number of carbonyl (C=O) groups is 1. The number of phenols is 1. The highest BCUT2D eigenvalue weighted by Crippen LogP contribution is 2.37. The zero-order chi connectivity index (χ0) is 18.4. The molecule has 134 valence electrons. The molecular weight excluding hydrogens is 326 g/mol. The smallest absolute Gasteiger partial charge is 0.228 e. The fraction of sp³-hybridized carbons (Fsp3) is 0.278. The molecule has 0 aliphatic carbocycles. The second-order valence-corrected chi connectivity index (χ2v) is 5.14. The van der Waals surface area contributed by atoms with E-state index in [2.05, 4.69) is 5.32 Å². The summed E-state index contributed by atoms with van der Waals surface area (Å²) in [7, 11) is 5.93. The van der Waals surface area contributed by atoms with E-state index >= 15 is 0 Å². The van der Waals surface area contributed by atoms with Gasteiger partial charge in [0.25, 0.3) is 0 Å². The van der Waals surface area contributed by atoms with E-state index in [0.29, 0.717) is 22.7 Å². The molecule has 7 heteroatoms. The summed E-state index contributed by atoms with van der Waals surface area (Å²) < 4.78 is 20.6. The summed E-state index contributed by atoms with van der Waals surface area (Å²) >= 11 is 0. The van der Waals surface area contributed by atoms with Gasteiger partial charge in [0.2, 0.25) is 11.7 Å². The van der Waals surface area contributed by atoms with E-state index in [9.17, 15) is 9.90 Å². The van der Waals surface area contributed by atoms with Crippen LogP contribution in [-0.4, -0.2) is 39.5 Å². The fourth-order valence-corrected chi connectivity index (χ4v) is 2.35. The van der Waals surface area contributed by atoms with Crippen molar-refractivity contribution in [3.05, 3.63) is 35.9 Å². The first kappa shape index (κ1) is 18.3. The fourth-order valence-electron chi connectivity index (χ4n) is 2.35. The third-order valence-corrected chi connectivity index (χ3v) is 3.57. The van der Waals surface area contributed by atoms with Gasteiger partial charge in [0.15, 0.2) is 23.0 Å². The van der Waals surface area contributed by atoms with Gasteiger partial charge in [0, 0.05) is 11.8 Å². The van der Waals surface area contributed by atoms with Crippen molar-refractivity contribution >= 4 is 11.6 Å². The van der Waals surface area contributed by atoms with Gasteiger partial charge in [0.1, 0.15) is 0 Å². The number of methoxy groups -OCH3 is 4. The van der Waals surface area contributed by atoms with Crippen LogP contribution in [0.5, 0.6) is 28.7 Å². The third-order valence-electron chi connectivity index (χ3n) is 3.57. The zero-order valence-corrected chi connectivity index (χ0v) is 14.6. The van der Waals surface area contributed by atoms with Gasteiger partial charge in [-0.1, -0.05) is 0 Å². The van der Waals surface area contributed by atoms with Crippen molar-refractivity contribution in [3.8, 4) is 28.7 Å². The predicted octanol–water partition coefficient (Wildman–Crippen LogP) is 2.61. The van der Waals surface area contributed by atoms with Crippen molar-refractivity contribution in [2.75, 3.05) is 33.8 Å². The molecule has 0 fully saturated rings. The summed E-state index contributed by atoms with van der Waals surface area (Å²) in [4.78, 5) is 12.3. The van der Waals surface area contributed by atoms with Crippen molar-refractivity contribution in [1.29, 1.82) is 0 Å². The molecule has 0 aliphatic heterocycles. The number of hydrogen-bond acceptors (Lipinski definition) is 6. The van der Waals surface area contributed by atoms with Crippen LogP contribution >= 0.6 is 0 Å². The van der Waals surface area contributed by atoms with E-state index in [0.717, 1.165) is 0 Å². The second kappa shape index (κ2) is 8.14. The zero-order valence-electron chi connectivity index (χ0n) is 14.6. The maximum Gasteiger partial charge on any atom is 0.228 e. The third kappa shape index (κ3) is 4.26. The van der Waals surface area contributed by atoms with E-state index in [1.165, 1.54) is 21.3 Å². The van der Waals surface area contributed by atoms with Crippen molar-refractivity contribution in [1.82, 2.24) is 0 Å². The van der Waals surface area contributed by atoms with Gasteiger partial charge in [-0.25, -0.2) is 0 Å². The molecule has 0 saturated heterocycles. The first-order chi connectivity index (χ1) is 12.0. The Morgan fingerprint density at radius 3 is 1.96 bits per heavy atom. The largest absolute Gasteiger partial charge is 0.502 e. The molecule has 7 nitrogen and oxygen atoms in total. The number of hydrogen-bond donors (Lipinski definition) is 2. The Hall–Kier alpha value is -3.09. The normalized spacial score (nSPS) is 10.1. The molecule has 2 rings (SSSR count). The number of carbonyl (C=O) groups excluding carboxylic acids is 1. The highest BCUT2D eigenvalue weighted by Gasteiger charge is 2.14. The number of nitrogens with one attached hydrogen (secondary N) is 1. The van der Waals surface area contributed by atoms with Crippen LogP contribution in [0.1, 0.15) is 5.56 Å². The molecule has 0 saturated carbocycles. The van der Waals surface area contributed by atoms with Gasteiger partial charge >= 0.3 is 0 Å². The van der Waals surface area contributed by atoms with Crippen LogP contribution in [0.3, 0.4) is 0 Å². The van der Waals surface area contributed by atoms with Gasteiger partial charge < -0.3 is 29.4 Å². The predicted molar refractivity (Wildman–Crippen MR) is 93.1 cm³/mol. The van der Waals surface area contributed by atoms with E-state index in [1.807, 2.05) is 0 Å². The lowest BCUT2D eigenvalue weighted by atomic mass is 10.1. The monoisotopic (exact) mass is 347 g/mol. The molecule has 0 atom stereocenters. The molecule has 0 aliphatic rings. The first-order valence-electron chi connectivity index (χ1n) is 7.48. The molecular formula is C18H21NO6. The molecule has 0 heterocycles. The Bertz CT molecular complexity index is 734. The average Bonchev–Trinajstić information content (AvgIpc) is 2.62. The number of rotatable bonds is 7. The van der Waals surface area contributed by atoms with Crippen molar-refractivity contribution in [2.24, 2.45) is 0 Å². The number of ether oxygens (including phenoxy) is 4. The minimum Gasteiger partial charge on any atom is -0.502 e. The Balaban J connectivity index is 2.15. The van der Waals surface area contributed by atoms with Crippen LogP contribution in [0, 0.1) is 0 Å². The highest BCUT2D eigenvalue weighted by molar-refractivity contribution is 5.92. The van der Waals surface area contributed by atoms with Crippen molar-refractivity contribution < 1.29 is 28.8 Å². The van der Waals surface area contributed by atoms with Gasteiger partial charge in [-0.2, -0.15) is 0 Å². The minimum atomic E-state index is -0.234. The van der Waals surface area contributed by atoms with Gasteiger partial charge in [-0.05, 0) is 29.8 Å². The van der Waals surface area contributed by atoms with Gasteiger partial charge in [-0.15, -0.1) is 0 Å². The molecule has 0 radical (unpaired) electrons. The summed E-state index contributed by atoms with van der Waals surface area (Å²) in [5, 5.41) is 12.7. The molecule has 2 N–H and O–H groups in total. The van der Waals surface area contributed by atoms with E-state index in [-0.39, 0.29) is 29.6 Å². The highest BCUT2D eigenvalue weighted by atomic mass is 16.5. The summed E-state index contributed by atoms with van der Waals surface area (Å²) in [5.41, 5.74) is 1.23. The molecule has 2 aromatic carbocycles. The van der Waals surface area contributed by atoms with Gasteiger partial charge in [0.05, 0.1) is 34.9 Å². The summed E-state index contributed by atoms with van der Waals surface area (Å²) in [6, 6.07) is 8.28. The minimum absolute atomic E-state index is 0.0847. The molecule has 0 bridgehead atoms. The van der Waals surface area contributed by atoms with Crippen LogP contribution in [0.2, 0.25) is 0 Å². The molecule has 0 unspecified atom stereocenters. The van der Waals surface area contributed by atoms with E-state index < -0.39 is 0 Å². The van der Waals surface area contributed by atoms with Crippen LogP contribution in [-0.2, 0) is 11.2 Å². The Kier molecular flexibility index (Phi) is 5.94. The SMILES string of the molecule is COc1ccc(NC(=O)Cc2cc(OC)c(O)c(OC)c2)cc1OC. The number of aromatic hydroxyl groups is 1. The lowest BCUT2D eigenvalue weighted by Crippen LogP contribution is -2.14. The number of amides is 1. The van der Waals surface area contributed by atoms with Crippen LogP contribution < -0.4 is 24.3 Å². The van der Waals surface area contributed by atoms with E-state index in [4.69, 9.17) is 18.9 Å². The van der Waals surface area contributed by atoms with Gasteiger partial charge in [-0.3, -0.25) is 4.79 Å². The average molecular weight is 347 g/mol. The Morgan fingerprint density at radius 2 is 1.44 bits per heavy atom.